The van der Waals surface area contributed by atoms with Crippen LogP contribution in [0.1, 0.15) is 52.9 Å². The van der Waals surface area contributed by atoms with Gasteiger partial charge in [0.1, 0.15) is 5.60 Å². The number of hydrogen-bond donors (Lipinski definition) is 1. The molecule has 0 aromatic heterocycles. The average Bonchev–Trinajstić information content (AvgIpc) is 2.85. The Labute approximate surface area is 133 Å². The number of ether oxygens (including phenoxy) is 1. The summed E-state index contributed by atoms with van der Waals surface area (Å²) < 4.78 is 5.45. The van der Waals surface area contributed by atoms with Crippen LogP contribution in [0.15, 0.2) is 0 Å². The maximum Gasteiger partial charge on any atom is 0.410 e. The Morgan fingerprint density at radius 2 is 2.00 bits per heavy atom. The number of nitrogens with one attached hydrogen (secondary N) is 1. The molecule has 2 fully saturated rings. The maximum atomic E-state index is 12.1. The second-order valence-electron chi connectivity index (χ2n) is 7.30. The van der Waals surface area contributed by atoms with Crippen LogP contribution in [0.4, 0.5) is 4.79 Å². The van der Waals surface area contributed by atoms with E-state index in [4.69, 9.17) is 4.74 Å². The van der Waals surface area contributed by atoms with Crippen LogP contribution >= 0.6 is 11.8 Å². The van der Waals surface area contributed by atoms with E-state index < -0.39 is 5.60 Å². The van der Waals surface area contributed by atoms with E-state index in [1.807, 2.05) is 37.4 Å². The van der Waals surface area contributed by atoms with Gasteiger partial charge in [-0.3, -0.25) is 0 Å². The quantitative estimate of drug-likeness (QED) is 0.868. The van der Waals surface area contributed by atoms with E-state index in [0.717, 1.165) is 24.8 Å². The summed E-state index contributed by atoms with van der Waals surface area (Å²) in [4.78, 5) is 13.9. The zero-order chi connectivity index (χ0) is 15.5. The van der Waals surface area contributed by atoms with Crippen LogP contribution in [0.2, 0.25) is 0 Å². The van der Waals surface area contributed by atoms with Gasteiger partial charge < -0.3 is 15.0 Å². The van der Waals surface area contributed by atoms with Gasteiger partial charge in [0.15, 0.2) is 0 Å². The van der Waals surface area contributed by atoms with Gasteiger partial charge in [0, 0.05) is 30.4 Å². The molecule has 1 saturated carbocycles. The van der Waals surface area contributed by atoms with Crippen LogP contribution in [0.25, 0.3) is 0 Å². The monoisotopic (exact) mass is 314 g/mol. The second kappa shape index (κ2) is 7.23. The van der Waals surface area contributed by atoms with Crippen LogP contribution in [0.5, 0.6) is 0 Å². The Balaban J connectivity index is 1.76. The summed E-state index contributed by atoms with van der Waals surface area (Å²) in [6, 6.07) is 1.06. The second-order valence-corrected chi connectivity index (χ2v) is 8.44. The van der Waals surface area contributed by atoms with E-state index in [9.17, 15) is 4.79 Å². The molecule has 0 spiro atoms. The van der Waals surface area contributed by atoms with Crippen molar-refractivity contribution in [3.63, 3.8) is 0 Å². The molecule has 1 amide bonds. The van der Waals surface area contributed by atoms with Crippen LogP contribution in [-0.4, -0.2) is 53.3 Å². The molecule has 2 rings (SSSR count). The highest BCUT2D eigenvalue weighted by Crippen LogP contribution is 2.27. The largest absolute Gasteiger partial charge is 0.444 e. The predicted octanol–water partition coefficient (Wildman–Crippen LogP) is 3.26. The van der Waals surface area contributed by atoms with Gasteiger partial charge in [-0.15, -0.1) is 0 Å². The maximum absolute atomic E-state index is 12.1. The molecule has 1 heterocycles. The zero-order valence-corrected chi connectivity index (χ0v) is 14.7. The number of carbonyl (C=O) groups is 1. The molecular weight excluding hydrogens is 284 g/mol. The molecule has 122 valence electrons. The van der Waals surface area contributed by atoms with E-state index in [0.29, 0.717) is 12.1 Å². The highest BCUT2D eigenvalue weighted by atomic mass is 32.2. The first-order valence-electron chi connectivity index (χ1n) is 8.14. The van der Waals surface area contributed by atoms with E-state index in [2.05, 4.69) is 11.6 Å². The molecule has 0 bridgehead atoms. The Morgan fingerprint density at radius 1 is 1.24 bits per heavy atom. The van der Waals surface area contributed by atoms with Crippen molar-refractivity contribution in [3.8, 4) is 0 Å². The Morgan fingerprint density at radius 3 is 2.67 bits per heavy atom. The number of likely N-dealkylation sites (tertiary alicyclic amines) is 1. The summed E-state index contributed by atoms with van der Waals surface area (Å²) in [5, 5.41) is 4.57. The lowest BCUT2D eigenvalue weighted by Crippen LogP contribution is -2.44. The average molecular weight is 314 g/mol. The molecule has 0 radical (unpaired) electrons. The van der Waals surface area contributed by atoms with E-state index in [1.165, 1.54) is 25.7 Å². The molecular formula is C16H30N2O2S. The number of thioether (sulfide) groups is 1. The van der Waals surface area contributed by atoms with Gasteiger partial charge in [0.2, 0.25) is 0 Å². The first kappa shape index (κ1) is 16.9. The fourth-order valence-electron chi connectivity index (χ4n) is 3.23. The molecule has 3 unspecified atom stereocenters. The van der Waals surface area contributed by atoms with Gasteiger partial charge >= 0.3 is 6.09 Å². The third kappa shape index (κ3) is 5.37. The number of hydrogen-bond acceptors (Lipinski definition) is 4. The van der Waals surface area contributed by atoms with Crippen LogP contribution in [0.3, 0.4) is 0 Å². The van der Waals surface area contributed by atoms with Gasteiger partial charge in [-0.25, -0.2) is 4.79 Å². The summed E-state index contributed by atoms with van der Waals surface area (Å²) >= 11 is 1.99. The molecule has 1 saturated heterocycles. The van der Waals surface area contributed by atoms with Crippen molar-refractivity contribution >= 4 is 17.9 Å². The number of carbonyl (C=O) groups excluding carboxylic acids is 1. The number of amides is 1. The van der Waals surface area contributed by atoms with E-state index in [1.54, 1.807) is 0 Å². The minimum Gasteiger partial charge on any atom is -0.444 e. The van der Waals surface area contributed by atoms with Gasteiger partial charge in [-0.1, -0.05) is 6.42 Å². The molecule has 1 aliphatic heterocycles. The smallest absolute Gasteiger partial charge is 0.410 e. The normalized spacial score (nSPS) is 30.5. The van der Waals surface area contributed by atoms with Crippen molar-refractivity contribution in [1.82, 2.24) is 10.2 Å². The minimum atomic E-state index is -0.405. The van der Waals surface area contributed by atoms with Crippen molar-refractivity contribution < 1.29 is 9.53 Å². The first-order valence-corrected chi connectivity index (χ1v) is 9.43. The highest BCUT2D eigenvalue weighted by molar-refractivity contribution is 7.99. The minimum absolute atomic E-state index is 0.169. The molecule has 4 nitrogen and oxygen atoms in total. The molecule has 0 aromatic rings. The third-order valence-corrected chi connectivity index (χ3v) is 5.37. The van der Waals surface area contributed by atoms with Crippen molar-refractivity contribution in [3.05, 3.63) is 0 Å². The Bertz CT molecular complexity index is 357. The Hall–Kier alpha value is -0.420. The summed E-state index contributed by atoms with van der Waals surface area (Å²) in [6.07, 6.45) is 8.31. The van der Waals surface area contributed by atoms with Gasteiger partial charge in [0.25, 0.3) is 0 Å². The standard InChI is InChI=1S/C16H30N2O2S/c1-16(2,3)20-15(19)18-9-8-13(11-18)17-12-6-5-7-14(10-12)21-4/h12-14,17H,5-11H2,1-4H3. The molecule has 5 heteroatoms. The SMILES string of the molecule is CSC1CCCC(NC2CCN(C(=O)OC(C)(C)C)C2)C1. The van der Waals surface area contributed by atoms with Gasteiger partial charge in [-0.2, -0.15) is 11.8 Å². The lowest BCUT2D eigenvalue weighted by Gasteiger charge is -2.31. The molecule has 2 aliphatic rings. The first-order chi connectivity index (χ1) is 9.87. The summed E-state index contributed by atoms with van der Waals surface area (Å²) in [6.45, 7) is 7.35. The van der Waals surface area contributed by atoms with Crippen molar-refractivity contribution in [2.24, 2.45) is 0 Å². The van der Waals surface area contributed by atoms with Crippen LogP contribution < -0.4 is 5.32 Å². The van der Waals surface area contributed by atoms with Gasteiger partial charge in [-0.05, 0) is 52.7 Å². The van der Waals surface area contributed by atoms with Crippen LogP contribution in [0, 0.1) is 0 Å². The fourth-order valence-corrected chi connectivity index (χ4v) is 4.06. The number of rotatable bonds is 3. The van der Waals surface area contributed by atoms with Gasteiger partial charge in [0.05, 0.1) is 0 Å². The van der Waals surface area contributed by atoms with Crippen molar-refractivity contribution in [2.45, 2.75) is 75.8 Å². The van der Waals surface area contributed by atoms with Crippen molar-refractivity contribution in [2.75, 3.05) is 19.3 Å². The van der Waals surface area contributed by atoms with E-state index >= 15 is 0 Å². The molecule has 21 heavy (non-hydrogen) atoms. The lowest BCUT2D eigenvalue weighted by atomic mass is 9.94. The summed E-state index contributed by atoms with van der Waals surface area (Å²) in [5.74, 6) is 0. The van der Waals surface area contributed by atoms with Crippen LogP contribution in [-0.2, 0) is 4.74 Å². The molecule has 1 N–H and O–H groups in total. The fraction of sp³-hybridized carbons (Fsp3) is 0.938. The molecule has 3 atom stereocenters. The predicted molar refractivity (Wildman–Crippen MR) is 88.9 cm³/mol. The topological polar surface area (TPSA) is 41.6 Å². The van der Waals surface area contributed by atoms with Crippen molar-refractivity contribution in [1.29, 1.82) is 0 Å². The zero-order valence-electron chi connectivity index (χ0n) is 13.9. The molecule has 0 aromatic carbocycles. The number of nitrogens with zero attached hydrogens (tertiary/aromatic N) is 1. The highest BCUT2D eigenvalue weighted by Gasteiger charge is 2.31. The van der Waals surface area contributed by atoms with E-state index in [-0.39, 0.29) is 6.09 Å². The summed E-state index contributed by atoms with van der Waals surface area (Å²) in [7, 11) is 0. The Kier molecular flexibility index (Phi) is 5.83. The lowest BCUT2D eigenvalue weighted by molar-refractivity contribution is 0.0290. The summed E-state index contributed by atoms with van der Waals surface area (Å²) in [5.41, 5.74) is -0.405. The third-order valence-electron chi connectivity index (χ3n) is 4.27. The molecule has 1 aliphatic carbocycles.